The number of ether oxygens (including phenoxy) is 1. The number of hydrogen-bond acceptors (Lipinski definition) is 5. The maximum absolute atomic E-state index is 14.0. The molecule has 0 radical (unpaired) electrons. The number of aromatic nitrogens is 3. The molecule has 8 heteroatoms. The molecular formula is C23H17ClFN3O2S. The smallest absolute Gasteiger partial charge is 0.196 e. The Labute approximate surface area is 187 Å². The number of benzene rings is 3. The molecule has 1 heterocycles. The largest absolute Gasteiger partial charge is 0.495 e. The van der Waals surface area contributed by atoms with Crippen LogP contribution in [0.1, 0.15) is 10.4 Å². The van der Waals surface area contributed by atoms with E-state index in [2.05, 4.69) is 10.2 Å². The van der Waals surface area contributed by atoms with Gasteiger partial charge < -0.3 is 4.74 Å². The molecule has 0 unspecified atom stereocenters. The van der Waals surface area contributed by atoms with Crippen molar-refractivity contribution in [3.05, 3.63) is 89.2 Å². The lowest BCUT2D eigenvalue weighted by molar-refractivity contribution is 0.101. The Morgan fingerprint density at radius 2 is 1.81 bits per heavy atom. The third-order valence-electron chi connectivity index (χ3n) is 4.57. The number of thioether (sulfide) groups is 1. The van der Waals surface area contributed by atoms with Crippen molar-refractivity contribution in [2.24, 2.45) is 0 Å². The quantitative estimate of drug-likeness (QED) is 0.265. The zero-order chi connectivity index (χ0) is 21.8. The van der Waals surface area contributed by atoms with Gasteiger partial charge in [-0.25, -0.2) is 4.39 Å². The fourth-order valence-electron chi connectivity index (χ4n) is 3.06. The van der Waals surface area contributed by atoms with Gasteiger partial charge in [-0.3, -0.25) is 9.36 Å². The molecule has 3 aromatic carbocycles. The molecule has 0 saturated heterocycles. The molecule has 0 saturated carbocycles. The van der Waals surface area contributed by atoms with Gasteiger partial charge in [-0.05, 0) is 30.3 Å². The standard InChI is InChI=1S/C23H17ClFN3O2S/c1-30-21-12-11-16(13-18(21)24)28-22(15-7-3-2-4-8-15)26-27-23(28)31-14-20(29)17-9-5-6-10-19(17)25/h2-13H,14H2,1H3. The number of methoxy groups -OCH3 is 1. The van der Waals surface area contributed by atoms with Crippen LogP contribution in [0.5, 0.6) is 5.75 Å². The molecule has 4 aromatic rings. The van der Waals surface area contributed by atoms with E-state index < -0.39 is 5.82 Å². The summed E-state index contributed by atoms with van der Waals surface area (Å²) in [5.74, 6) is 0.289. The molecule has 0 aliphatic heterocycles. The Morgan fingerprint density at radius 1 is 1.06 bits per heavy atom. The Balaban J connectivity index is 1.71. The van der Waals surface area contributed by atoms with Crippen LogP contribution < -0.4 is 4.74 Å². The first kappa shape index (κ1) is 21.1. The average molecular weight is 454 g/mol. The molecule has 5 nitrogen and oxygen atoms in total. The SMILES string of the molecule is COc1ccc(-n2c(SCC(=O)c3ccccc3F)nnc2-c2ccccc2)cc1Cl. The second-order valence-corrected chi connectivity index (χ2v) is 7.87. The Morgan fingerprint density at radius 3 is 2.52 bits per heavy atom. The lowest BCUT2D eigenvalue weighted by Crippen LogP contribution is -2.07. The second-order valence-electron chi connectivity index (χ2n) is 6.52. The predicted octanol–water partition coefficient (Wildman–Crippen LogP) is 5.71. The van der Waals surface area contributed by atoms with Gasteiger partial charge in [-0.2, -0.15) is 0 Å². The molecule has 31 heavy (non-hydrogen) atoms. The normalized spacial score (nSPS) is 10.8. The van der Waals surface area contributed by atoms with Gasteiger partial charge in [0.25, 0.3) is 0 Å². The lowest BCUT2D eigenvalue weighted by atomic mass is 10.1. The van der Waals surface area contributed by atoms with Crippen molar-refractivity contribution in [1.82, 2.24) is 14.8 Å². The summed E-state index contributed by atoms with van der Waals surface area (Å²) in [7, 11) is 1.55. The molecule has 0 aliphatic carbocycles. The minimum absolute atomic E-state index is 0.0116. The summed E-state index contributed by atoms with van der Waals surface area (Å²) in [4.78, 5) is 12.5. The van der Waals surface area contributed by atoms with E-state index in [0.29, 0.717) is 21.8 Å². The zero-order valence-corrected chi connectivity index (χ0v) is 18.0. The average Bonchev–Trinajstić information content (AvgIpc) is 3.22. The number of carbonyl (C=O) groups excluding carboxylic acids is 1. The molecule has 0 fully saturated rings. The molecule has 0 aliphatic rings. The van der Waals surface area contributed by atoms with Gasteiger partial charge in [0.2, 0.25) is 0 Å². The number of halogens is 2. The van der Waals surface area contributed by atoms with E-state index in [1.54, 1.807) is 31.4 Å². The zero-order valence-electron chi connectivity index (χ0n) is 16.5. The van der Waals surface area contributed by atoms with E-state index in [1.165, 1.54) is 23.9 Å². The van der Waals surface area contributed by atoms with E-state index in [1.807, 2.05) is 41.0 Å². The van der Waals surface area contributed by atoms with Crippen LogP contribution in [-0.2, 0) is 0 Å². The topological polar surface area (TPSA) is 57.0 Å². The molecule has 0 spiro atoms. The van der Waals surface area contributed by atoms with E-state index >= 15 is 0 Å². The summed E-state index contributed by atoms with van der Waals surface area (Å²) in [5, 5.41) is 9.55. The molecule has 0 N–H and O–H groups in total. The molecule has 4 rings (SSSR count). The fraction of sp³-hybridized carbons (Fsp3) is 0.0870. The van der Waals surface area contributed by atoms with Crippen molar-refractivity contribution in [3.8, 4) is 22.8 Å². The molecule has 0 atom stereocenters. The lowest BCUT2D eigenvalue weighted by Gasteiger charge is -2.12. The summed E-state index contributed by atoms with van der Waals surface area (Å²) in [6, 6.07) is 20.8. The van der Waals surface area contributed by atoms with Crippen molar-refractivity contribution >= 4 is 29.1 Å². The van der Waals surface area contributed by atoms with Crippen LogP contribution in [0.2, 0.25) is 5.02 Å². The van der Waals surface area contributed by atoms with Crippen LogP contribution >= 0.6 is 23.4 Å². The highest BCUT2D eigenvalue weighted by Gasteiger charge is 2.19. The number of carbonyl (C=O) groups is 1. The van der Waals surface area contributed by atoms with E-state index in [-0.39, 0.29) is 17.1 Å². The third-order valence-corrected chi connectivity index (χ3v) is 5.79. The fourth-order valence-corrected chi connectivity index (χ4v) is 4.15. The van der Waals surface area contributed by atoms with Crippen LogP contribution in [0.3, 0.4) is 0 Å². The Bertz CT molecular complexity index is 1230. The third kappa shape index (κ3) is 4.47. The van der Waals surface area contributed by atoms with Gasteiger partial charge in [0, 0.05) is 5.56 Å². The Kier molecular flexibility index (Phi) is 6.34. The van der Waals surface area contributed by atoms with Gasteiger partial charge >= 0.3 is 0 Å². The molecule has 1 aromatic heterocycles. The van der Waals surface area contributed by atoms with Crippen molar-refractivity contribution in [3.63, 3.8) is 0 Å². The van der Waals surface area contributed by atoms with Gasteiger partial charge in [-0.15, -0.1) is 10.2 Å². The van der Waals surface area contributed by atoms with Crippen LogP contribution in [0, 0.1) is 5.82 Å². The van der Waals surface area contributed by atoms with Gasteiger partial charge in [-0.1, -0.05) is 65.8 Å². The Hall–Kier alpha value is -3.16. The van der Waals surface area contributed by atoms with Gasteiger partial charge in [0.1, 0.15) is 11.6 Å². The molecule has 156 valence electrons. The van der Waals surface area contributed by atoms with Crippen LogP contribution in [-0.4, -0.2) is 33.4 Å². The van der Waals surface area contributed by atoms with Gasteiger partial charge in [0.05, 0.1) is 29.1 Å². The van der Waals surface area contributed by atoms with Crippen molar-refractivity contribution in [2.75, 3.05) is 12.9 Å². The first-order valence-electron chi connectivity index (χ1n) is 9.33. The predicted molar refractivity (Wildman–Crippen MR) is 120 cm³/mol. The summed E-state index contributed by atoms with van der Waals surface area (Å²) in [5.41, 5.74) is 1.63. The van der Waals surface area contributed by atoms with Gasteiger partial charge in [0.15, 0.2) is 16.8 Å². The first-order valence-corrected chi connectivity index (χ1v) is 10.7. The van der Waals surface area contributed by atoms with Crippen LogP contribution in [0.4, 0.5) is 4.39 Å². The monoisotopic (exact) mass is 453 g/mol. The van der Waals surface area contributed by atoms with E-state index in [0.717, 1.165) is 11.3 Å². The molecular weight excluding hydrogens is 437 g/mol. The summed E-state index contributed by atoms with van der Waals surface area (Å²) < 4.78 is 21.0. The highest BCUT2D eigenvalue weighted by Crippen LogP contribution is 2.32. The van der Waals surface area contributed by atoms with Crippen LogP contribution in [0.25, 0.3) is 17.1 Å². The van der Waals surface area contributed by atoms with Crippen molar-refractivity contribution in [2.45, 2.75) is 5.16 Å². The van der Waals surface area contributed by atoms with Crippen LogP contribution in [0.15, 0.2) is 78.0 Å². The van der Waals surface area contributed by atoms with E-state index in [4.69, 9.17) is 16.3 Å². The summed E-state index contributed by atoms with van der Waals surface area (Å²) in [6.07, 6.45) is 0. The minimum atomic E-state index is -0.540. The number of nitrogens with zero attached hydrogens (tertiary/aromatic N) is 3. The highest BCUT2D eigenvalue weighted by molar-refractivity contribution is 7.99. The summed E-state index contributed by atoms with van der Waals surface area (Å²) >= 11 is 7.52. The summed E-state index contributed by atoms with van der Waals surface area (Å²) in [6.45, 7) is 0. The minimum Gasteiger partial charge on any atom is -0.495 e. The number of ketones is 1. The maximum atomic E-state index is 14.0. The van der Waals surface area contributed by atoms with Crippen molar-refractivity contribution in [1.29, 1.82) is 0 Å². The number of rotatable bonds is 7. The number of Topliss-reactive ketones (excluding diaryl/α,β-unsaturated/α-hetero) is 1. The maximum Gasteiger partial charge on any atom is 0.196 e. The molecule has 0 amide bonds. The van der Waals surface area contributed by atoms with E-state index in [9.17, 15) is 9.18 Å². The molecule has 0 bridgehead atoms. The first-order chi connectivity index (χ1) is 15.1. The number of hydrogen-bond donors (Lipinski definition) is 0. The highest BCUT2D eigenvalue weighted by atomic mass is 35.5. The second kappa shape index (κ2) is 9.32. The van der Waals surface area contributed by atoms with Crippen molar-refractivity contribution < 1.29 is 13.9 Å².